The number of benzene rings is 1. The van der Waals surface area contributed by atoms with Crippen LogP contribution in [0.3, 0.4) is 0 Å². The van der Waals surface area contributed by atoms with Crippen molar-refractivity contribution in [3.05, 3.63) is 70.6 Å². The molecule has 4 aromatic heterocycles. The number of aliphatic hydroxyl groups is 1. The second-order valence-electron chi connectivity index (χ2n) is 12.2. The number of rotatable bonds is 9. The number of aryl methyl sites for hydroxylation is 2. The minimum Gasteiger partial charge on any atom is -0.512 e. The number of thiophene rings is 1. The first-order chi connectivity index (χ1) is 22.9. The summed E-state index contributed by atoms with van der Waals surface area (Å²) in [5, 5.41) is 12.0. The normalized spacial score (nSPS) is 14.4. The molecule has 0 fully saturated rings. The molecule has 7 heteroatoms. The topological polar surface area (TPSA) is 76.2 Å². The maximum atomic E-state index is 11.7. The molecule has 5 nitrogen and oxygen atoms in total. The molecule has 0 unspecified atom stereocenters. The number of allylic oxidation sites excluding steroid dienone is 2. The summed E-state index contributed by atoms with van der Waals surface area (Å²) in [6.07, 6.45) is 5.01. The van der Waals surface area contributed by atoms with Crippen LogP contribution in [-0.4, -0.2) is 20.9 Å². The maximum absolute atomic E-state index is 11.7. The Balaban J connectivity index is 0.000000361. The van der Waals surface area contributed by atoms with Crippen molar-refractivity contribution >= 4 is 49.3 Å². The molecular weight excluding hydrogens is 757 g/mol. The molecule has 5 aromatic rings. The van der Waals surface area contributed by atoms with E-state index in [-0.39, 0.29) is 54.9 Å². The van der Waals surface area contributed by atoms with E-state index < -0.39 is 18.6 Å². The fourth-order valence-corrected chi connectivity index (χ4v) is 6.47. The number of fused-ring (bicyclic) bond motifs is 4. The van der Waals surface area contributed by atoms with Gasteiger partial charge in [-0.25, -0.2) is 4.98 Å². The molecule has 1 N–H and O–H groups in total. The van der Waals surface area contributed by atoms with Crippen molar-refractivity contribution in [3.63, 3.8) is 0 Å². The van der Waals surface area contributed by atoms with E-state index in [4.69, 9.17) is 11.3 Å². The van der Waals surface area contributed by atoms with E-state index >= 15 is 0 Å². The summed E-state index contributed by atoms with van der Waals surface area (Å²) >= 11 is 1.55. The van der Waals surface area contributed by atoms with E-state index in [0.29, 0.717) is 27.8 Å². The third kappa shape index (κ3) is 8.30. The summed E-state index contributed by atoms with van der Waals surface area (Å²) in [7, 11) is 0. The smallest absolute Gasteiger partial charge is 0.216 e. The molecule has 0 bridgehead atoms. The molecule has 4 heterocycles. The average molecular weight is 809 g/mol. The van der Waals surface area contributed by atoms with E-state index in [1.54, 1.807) is 29.7 Å². The molecule has 0 amide bonds. The summed E-state index contributed by atoms with van der Waals surface area (Å²) in [4.78, 5) is 21.5. The predicted octanol–water partition coefficient (Wildman–Crippen LogP) is 11.1. The van der Waals surface area contributed by atoms with Gasteiger partial charge in [0.05, 0.1) is 11.3 Å². The fraction of sp³-hybridized carbons (Fsp3) is 0.447. The van der Waals surface area contributed by atoms with Gasteiger partial charge in [0.1, 0.15) is 0 Å². The van der Waals surface area contributed by atoms with Gasteiger partial charge in [-0.3, -0.25) is 4.79 Å². The first-order valence-corrected chi connectivity index (χ1v) is 16.3. The SMILES string of the molecule is CCC(CC)C(=O)/C=C(\O)C(CC)CC.[2H]C([2H])([2H])c1ccc2c(n1)oc1c(-c3nccc4sc(C)c(C([2H])([2H])C(C)(C)C)c34)[c-]ccc12.[Ir]. The summed E-state index contributed by atoms with van der Waals surface area (Å²) in [6.45, 7) is 13.4. The Kier molecular flexibility index (Phi) is 10.3. The number of ketones is 1. The van der Waals surface area contributed by atoms with E-state index in [9.17, 15) is 9.90 Å². The number of furan rings is 1. The summed E-state index contributed by atoms with van der Waals surface area (Å²) in [6, 6.07) is 12.0. The number of hydrogen-bond donors (Lipinski definition) is 1. The number of pyridine rings is 2. The van der Waals surface area contributed by atoms with Crippen LogP contribution in [0, 0.1) is 37.1 Å². The van der Waals surface area contributed by atoms with Crippen LogP contribution < -0.4 is 0 Å². The first kappa shape index (κ1) is 29.5. The van der Waals surface area contributed by atoms with Crippen molar-refractivity contribution in [2.24, 2.45) is 17.3 Å². The van der Waals surface area contributed by atoms with Crippen LogP contribution in [-0.2, 0) is 31.3 Å². The second kappa shape index (κ2) is 15.6. The molecular formula is C38H47IrN2O3S-. The van der Waals surface area contributed by atoms with Crippen LogP contribution in [0.15, 0.2) is 52.8 Å². The predicted molar refractivity (Wildman–Crippen MR) is 185 cm³/mol. The fourth-order valence-electron chi connectivity index (χ4n) is 5.46. The van der Waals surface area contributed by atoms with Gasteiger partial charge in [0.2, 0.25) is 5.71 Å². The molecule has 0 aliphatic rings. The van der Waals surface area contributed by atoms with Crippen molar-refractivity contribution in [2.75, 3.05) is 0 Å². The van der Waals surface area contributed by atoms with Crippen LogP contribution >= 0.6 is 11.3 Å². The zero-order valence-corrected chi connectivity index (χ0v) is 30.6. The number of hydrogen-bond acceptors (Lipinski definition) is 6. The second-order valence-corrected chi connectivity index (χ2v) is 13.4. The van der Waals surface area contributed by atoms with Gasteiger partial charge < -0.3 is 14.5 Å². The van der Waals surface area contributed by atoms with Gasteiger partial charge >= 0.3 is 0 Å². The number of carbonyl (C=O) groups is 1. The van der Waals surface area contributed by atoms with E-state index in [1.165, 1.54) is 12.1 Å². The molecule has 1 aromatic carbocycles. The Bertz CT molecular complexity index is 1980. The zero-order valence-electron chi connectivity index (χ0n) is 32.4. The summed E-state index contributed by atoms with van der Waals surface area (Å²) in [5.74, 6) is 0.547. The van der Waals surface area contributed by atoms with E-state index in [0.717, 1.165) is 46.0 Å². The first-order valence-electron chi connectivity index (χ1n) is 18.0. The van der Waals surface area contributed by atoms with Gasteiger partial charge in [-0.15, -0.1) is 29.5 Å². The number of aromatic nitrogens is 2. The monoisotopic (exact) mass is 809 g/mol. The Morgan fingerprint density at radius 2 is 1.78 bits per heavy atom. The Hall–Kier alpha value is -2.86. The van der Waals surface area contributed by atoms with Crippen molar-refractivity contribution in [1.29, 1.82) is 0 Å². The van der Waals surface area contributed by atoms with Crippen LogP contribution in [0.5, 0.6) is 0 Å². The minimum absolute atomic E-state index is 0. The maximum Gasteiger partial charge on any atom is 0.216 e. The van der Waals surface area contributed by atoms with Gasteiger partial charge in [0.15, 0.2) is 5.78 Å². The molecule has 0 saturated carbocycles. The molecule has 0 spiro atoms. The molecule has 5 rings (SSSR count). The number of aliphatic hydroxyl groups excluding tert-OH is 1. The van der Waals surface area contributed by atoms with Gasteiger partial charge in [0.25, 0.3) is 0 Å². The van der Waals surface area contributed by atoms with Gasteiger partial charge in [-0.1, -0.05) is 59.4 Å². The Labute approximate surface area is 292 Å². The molecule has 0 aliphatic heterocycles. The van der Waals surface area contributed by atoms with E-state index in [1.807, 2.05) is 67.5 Å². The van der Waals surface area contributed by atoms with Crippen molar-refractivity contribution in [2.45, 2.75) is 94.3 Å². The minimum atomic E-state index is -2.34. The Morgan fingerprint density at radius 3 is 2.40 bits per heavy atom. The van der Waals surface area contributed by atoms with E-state index in [2.05, 4.69) is 16.0 Å². The third-order valence-corrected chi connectivity index (χ3v) is 8.97. The largest absolute Gasteiger partial charge is 0.512 e. The zero-order chi connectivity index (χ0) is 36.5. The van der Waals surface area contributed by atoms with Crippen LogP contribution in [0.25, 0.3) is 43.4 Å². The van der Waals surface area contributed by atoms with Crippen molar-refractivity contribution < 1.29 is 41.3 Å². The van der Waals surface area contributed by atoms with Crippen LogP contribution in [0.1, 0.15) is 97.1 Å². The number of carbonyl (C=O) groups excluding carboxylic acids is 1. The molecule has 45 heavy (non-hydrogen) atoms. The molecule has 0 atom stereocenters. The Morgan fingerprint density at radius 1 is 1.09 bits per heavy atom. The van der Waals surface area contributed by atoms with Gasteiger partial charge in [-0.05, 0) is 80.4 Å². The molecule has 1 radical (unpaired) electrons. The summed E-state index contributed by atoms with van der Waals surface area (Å²) in [5.41, 5.74) is 1.89. The molecule has 243 valence electrons. The summed E-state index contributed by atoms with van der Waals surface area (Å²) < 4.78 is 48.0. The third-order valence-electron chi connectivity index (χ3n) is 7.90. The quantitative estimate of drug-likeness (QED) is 0.0912. The van der Waals surface area contributed by atoms with Crippen molar-refractivity contribution in [3.8, 4) is 11.3 Å². The van der Waals surface area contributed by atoms with Crippen LogP contribution in [0.2, 0.25) is 0 Å². The van der Waals surface area contributed by atoms with Gasteiger partial charge in [0, 0.05) is 77.4 Å². The van der Waals surface area contributed by atoms with Crippen molar-refractivity contribution in [1.82, 2.24) is 9.97 Å². The number of nitrogens with zero attached hydrogens (tertiary/aromatic N) is 2. The average Bonchev–Trinajstić information content (AvgIpc) is 3.58. The van der Waals surface area contributed by atoms with Gasteiger partial charge in [-0.2, -0.15) is 0 Å². The molecule has 0 saturated heterocycles. The molecule has 0 aliphatic carbocycles. The van der Waals surface area contributed by atoms with Crippen LogP contribution in [0.4, 0.5) is 0 Å². The standard InChI is InChI=1S/C25H23N2OS.C13H24O2.Ir/c1-14-9-10-17-16-7-6-8-18(23(16)28-24(17)27-14)22-21-19(13-25(3,4)5)15(2)29-20(21)11-12-26-22;1-5-10(6-2)12(14)9-13(15)11(7-3)8-4;/h6-7,9-12H,13H2,1-5H3;9-11,14H,5-8H2,1-4H3;/q-1;;/b;12-9-;/i1D3,13D2;;.